The molecule has 2 N–H and O–H groups in total. The van der Waals surface area contributed by atoms with Crippen molar-refractivity contribution in [3.8, 4) is 22.6 Å². The van der Waals surface area contributed by atoms with Crippen LogP contribution in [-0.2, 0) is 6.18 Å². The van der Waals surface area contributed by atoms with Gasteiger partial charge in [0.2, 0.25) is 5.82 Å². The summed E-state index contributed by atoms with van der Waals surface area (Å²) in [4.78, 5) is 15.2. The molecule has 1 amide bonds. The summed E-state index contributed by atoms with van der Waals surface area (Å²) in [5, 5.41) is 29.2. The number of tetrazole rings is 1. The molecule has 5 heterocycles. The Bertz CT molecular complexity index is 1570. The van der Waals surface area contributed by atoms with Crippen LogP contribution in [-0.4, -0.2) is 69.3 Å². The van der Waals surface area contributed by atoms with Crippen LogP contribution in [0.5, 0.6) is 0 Å². The molecule has 1 unspecified atom stereocenters. The van der Waals surface area contributed by atoms with E-state index in [1.165, 1.54) is 16.7 Å². The summed E-state index contributed by atoms with van der Waals surface area (Å²) < 4.78 is 41.2. The summed E-state index contributed by atoms with van der Waals surface area (Å²) in [6, 6.07) is 9.60. The van der Waals surface area contributed by atoms with E-state index in [9.17, 15) is 18.0 Å². The van der Waals surface area contributed by atoms with E-state index in [0.717, 1.165) is 17.8 Å². The second-order valence-corrected chi connectivity index (χ2v) is 8.77. The van der Waals surface area contributed by atoms with E-state index >= 15 is 0 Å². The maximum absolute atomic E-state index is 13.6. The zero-order valence-electron chi connectivity index (χ0n) is 19.1. The molecule has 0 saturated carbocycles. The summed E-state index contributed by atoms with van der Waals surface area (Å²) in [6.45, 7) is 0.802. The summed E-state index contributed by atoms with van der Waals surface area (Å²) in [7, 11) is 0. The molecule has 0 radical (unpaired) electrons. The fourth-order valence-corrected chi connectivity index (χ4v) is 4.66. The highest BCUT2D eigenvalue weighted by atomic mass is 19.4. The Kier molecular flexibility index (Phi) is 5.43. The van der Waals surface area contributed by atoms with Crippen LogP contribution in [0, 0.1) is 0 Å². The third kappa shape index (κ3) is 4.19. The van der Waals surface area contributed by atoms with Crippen LogP contribution < -0.4 is 0 Å². The van der Waals surface area contributed by atoms with Crippen molar-refractivity contribution in [2.75, 3.05) is 13.1 Å². The number of piperidine rings is 1. The maximum Gasteiger partial charge on any atom is 0.417 e. The molecule has 1 fully saturated rings. The number of likely N-dealkylation sites (tertiary alicyclic amines) is 1. The number of halogens is 3. The van der Waals surface area contributed by atoms with Gasteiger partial charge in [0.1, 0.15) is 5.82 Å². The van der Waals surface area contributed by atoms with E-state index in [-0.39, 0.29) is 11.8 Å². The SMILES string of the molecule is O=C(c1cn[nH]c1-c1cccc(-c2nn[nH]n2)c1)N1CCCC(c2nnc3ccc(C(F)(F)F)cn23)C1. The van der Waals surface area contributed by atoms with Crippen LogP contribution >= 0.6 is 0 Å². The Morgan fingerprint density at radius 2 is 1.95 bits per heavy atom. The van der Waals surface area contributed by atoms with Crippen molar-refractivity contribution in [3.63, 3.8) is 0 Å². The quantitative estimate of drug-likeness (QED) is 0.380. The molecule has 1 aromatic carbocycles. The summed E-state index contributed by atoms with van der Waals surface area (Å²) in [6.07, 6.45) is -0.652. The fourth-order valence-electron chi connectivity index (χ4n) is 4.66. The molecule has 11 nitrogen and oxygen atoms in total. The van der Waals surface area contributed by atoms with E-state index in [1.54, 1.807) is 4.90 Å². The van der Waals surface area contributed by atoms with Gasteiger partial charge >= 0.3 is 6.18 Å². The van der Waals surface area contributed by atoms with Crippen molar-refractivity contribution >= 4 is 11.6 Å². The molecule has 37 heavy (non-hydrogen) atoms. The Hall–Kier alpha value is -4.62. The molecule has 0 spiro atoms. The van der Waals surface area contributed by atoms with Crippen LogP contribution in [0.1, 0.15) is 40.5 Å². The minimum absolute atomic E-state index is 0.233. The second-order valence-electron chi connectivity index (χ2n) is 8.77. The number of rotatable bonds is 4. The highest BCUT2D eigenvalue weighted by Gasteiger charge is 2.33. The molecule has 14 heteroatoms. The van der Waals surface area contributed by atoms with Gasteiger partial charge in [-0.2, -0.15) is 23.5 Å². The number of nitrogens with one attached hydrogen (secondary N) is 2. The highest BCUT2D eigenvalue weighted by Crippen LogP contribution is 2.32. The van der Waals surface area contributed by atoms with Gasteiger partial charge in [-0.25, -0.2) is 0 Å². The molecule has 1 aliphatic heterocycles. The van der Waals surface area contributed by atoms with Gasteiger partial charge in [-0.15, -0.1) is 20.4 Å². The minimum Gasteiger partial charge on any atom is -0.338 e. The molecule has 1 atom stereocenters. The molecule has 0 aliphatic carbocycles. The molecule has 0 bridgehead atoms. The van der Waals surface area contributed by atoms with Crippen molar-refractivity contribution in [2.45, 2.75) is 24.9 Å². The summed E-state index contributed by atoms with van der Waals surface area (Å²) in [5.74, 6) is 0.317. The molecule has 6 rings (SSSR count). The molecular formula is C23H19F3N10O. The topological polar surface area (TPSA) is 134 Å². The van der Waals surface area contributed by atoms with Gasteiger partial charge in [0.05, 0.1) is 23.0 Å². The predicted molar refractivity (Wildman–Crippen MR) is 123 cm³/mol. The first-order chi connectivity index (χ1) is 17.9. The number of benzene rings is 1. The first kappa shape index (κ1) is 22.8. The number of pyridine rings is 1. The number of hydrogen-bond acceptors (Lipinski definition) is 7. The number of nitrogens with zero attached hydrogens (tertiary/aromatic N) is 8. The fraction of sp³-hybridized carbons (Fsp3) is 0.261. The van der Waals surface area contributed by atoms with Gasteiger partial charge < -0.3 is 4.90 Å². The molecule has 188 valence electrons. The molecule has 5 aromatic rings. The lowest BCUT2D eigenvalue weighted by atomic mass is 9.96. The van der Waals surface area contributed by atoms with Gasteiger partial charge in [-0.05, 0) is 36.3 Å². The molecule has 1 aliphatic rings. The number of aromatic nitrogens is 9. The third-order valence-electron chi connectivity index (χ3n) is 6.45. The number of fused-ring (bicyclic) bond motifs is 1. The van der Waals surface area contributed by atoms with Crippen molar-refractivity contribution in [1.82, 2.24) is 50.3 Å². The summed E-state index contributed by atoms with van der Waals surface area (Å²) >= 11 is 0. The van der Waals surface area contributed by atoms with Gasteiger partial charge in [0.15, 0.2) is 5.65 Å². The number of hydrogen-bond donors (Lipinski definition) is 2. The smallest absolute Gasteiger partial charge is 0.338 e. The first-order valence-electron chi connectivity index (χ1n) is 11.5. The van der Waals surface area contributed by atoms with Crippen molar-refractivity contribution in [1.29, 1.82) is 0 Å². The van der Waals surface area contributed by atoms with Crippen molar-refractivity contribution < 1.29 is 18.0 Å². The van der Waals surface area contributed by atoms with Crippen LogP contribution in [0.15, 0.2) is 48.8 Å². The first-order valence-corrected chi connectivity index (χ1v) is 11.5. The van der Waals surface area contributed by atoms with Crippen LogP contribution in [0.2, 0.25) is 0 Å². The number of H-pyrrole nitrogens is 2. The number of aromatic amines is 2. The average molecular weight is 508 g/mol. The number of carbonyl (C=O) groups excluding carboxylic acids is 1. The Morgan fingerprint density at radius 1 is 1.08 bits per heavy atom. The van der Waals surface area contributed by atoms with Crippen molar-refractivity contribution in [2.24, 2.45) is 0 Å². The molecule has 4 aromatic heterocycles. The normalized spacial score (nSPS) is 16.4. The lowest BCUT2D eigenvalue weighted by Gasteiger charge is -2.32. The number of amides is 1. The zero-order valence-corrected chi connectivity index (χ0v) is 19.1. The average Bonchev–Trinajstić information content (AvgIpc) is 3.68. The van der Waals surface area contributed by atoms with E-state index in [1.807, 2.05) is 24.3 Å². The third-order valence-corrected chi connectivity index (χ3v) is 6.45. The van der Waals surface area contributed by atoms with Crippen LogP contribution in [0.25, 0.3) is 28.3 Å². The number of carbonyl (C=O) groups is 1. The lowest BCUT2D eigenvalue weighted by molar-refractivity contribution is -0.137. The van der Waals surface area contributed by atoms with Crippen LogP contribution in [0.3, 0.4) is 0 Å². The number of alkyl halides is 3. The minimum atomic E-state index is -4.48. The maximum atomic E-state index is 13.6. The standard InChI is InChI=1S/C23H19F3N10O/c24-23(25,26)16-6-7-18-28-32-21(36(18)12-16)15-5-2-8-35(11-15)22(37)17-10-27-29-19(17)13-3-1-4-14(9-13)20-30-33-34-31-20/h1,3-4,6-7,9-10,12,15H,2,5,8,11H2,(H,27,29)(H,30,31,33,34). The van der Waals surface area contributed by atoms with Gasteiger partial charge in [0.25, 0.3) is 5.91 Å². The Balaban J connectivity index is 1.27. The van der Waals surface area contributed by atoms with E-state index < -0.39 is 11.7 Å². The largest absolute Gasteiger partial charge is 0.417 e. The zero-order chi connectivity index (χ0) is 25.6. The van der Waals surface area contributed by atoms with Gasteiger partial charge in [-0.1, -0.05) is 18.2 Å². The van der Waals surface area contributed by atoms with Crippen molar-refractivity contribution in [3.05, 3.63) is 65.7 Å². The Morgan fingerprint density at radius 3 is 2.76 bits per heavy atom. The molecule has 1 saturated heterocycles. The predicted octanol–water partition coefficient (Wildman–Crippen LogP) is 3.34. The monoisotopic (exact) mass is 508 g/mol. The van der Waals surface area contributed by atoms with Crippen LogP contribution in [0.4, 0.5) is 13.2 Å². The summed E-state index contributed by atoms with van der Waals surface area (Å²) in [5.41, 5.74) is 1.91. The van der Waals surface area contributed by atoms with E-state index in [4.69, 9.17) is 0 Å². The molecular weight excluding hydrogens is 489 g/mol. The van der Waals surface area contributed by atoms with Gasteiger partial charge in [-0.3, -0.25) is 14.3 Å². The Labute approximate surface area is 206 Å². The highest BCUT2D eigenvalue weighted by molar-refractivity contribution is 6.00. The van der Waals surface area contributed by atoms with Gasteiger partial charge in [0, 0.05) is 36.3 Å². The lowest BCUT2D eigenvalue weighted by Crippen LogP contribution is -2.39. The van der Waals surface area contributed by atoms with E-state index in [0.29, 0.717) is 60.0 Å². The second kappa shape index (κ2) is 8.80. The van der Waals surface area contributed by atoms with E-state index in [2.05, 4.69) is 41.0 Å².